The molecule has 0 aliphatic heterocycles. The number of anilines is 1. The molecule has 3 rings (SSSR count). The number of hydrogen-bond donors (Lipinski definition) is 2. The molecule has 1 aromatic heterocycles. The zero-order chi connectivity index (χ0) is 21.2. The molecule has 7 nitrogen and oxygen atoms in total. The number of carbonyl (C=O) groups excluding carboxylic acids is 1. The molecule has 29 heavy (non-hydrogen) atoms. The lowest BCUT2D eigenvalue weighted by Gasteiger charge is -2.08. The summed E-state index contributed by atoms with van der Waals surface area (Å²) in [5.41, 5.74) is 1.21. The minimum atomic E-state index is -3.49. The van der Waals surface area contributed by atoms with Gasteiger partial charge in [-0.05, 0) is 43.3 Å². The van der Waals surface area contributed by atoms with E-state index in [9.17, 15) is 23.1 Å². The Morgan fingerprint density at radius 1 is 1.21 bits per heavy atom. The van der Waals surface area contributed by atoms with E-state index in [-0.39, 0.29) is 33.1 Å². The summed E-state index contributed by atoms with van der Waals surface area (Å²) in [6, 6.07) is 8.88. The van der Waals surface area contributed by atoms with Gasteiger partial charge in [0.25, 0.3) is 0 Å². The smallest absolute Gasteiger partial charge is 0.248 e. The molecular weight excluding hydrogens is 394 g/mol. The normalized spacial score (nSPS) is 11.8. The van der Waals surface area contributed by atoms with Gasteiger partial charge in [0.1, 0.15) is 17.6 Å². The lowest BCUT2D eigenvalue weighted by atomic mass is 10.1. The van der Waals surface area contributed by atoms with E-state index in [0.29, 0.717) is 11.0 Å². The van der Waals surface area contributed by atoms with Crippen molar-refractivity contribution in [2.24, 2.45) is 0 Å². The Morgan fingerprint density at radius 2 is 1.97 bits per heavy atom. The maximum Gasteiger partial charge on any atom is 0.248 e. The van der Waals surface area contributed by atoms with Crippen LogP contribution in [0.4, 0.5) is 5.69 Å². The average Bonchev–Trinajstić information content (AvgIpc) is 2.69. The van der Waals surface area contributed by atoms with Gasteiger partial charge in [-0.2, -0.15) is 0 Å². The van der Waals surface area contributed by atoms with Crippen molar-refractivity contribution >= 4 is 38.5 Å². The maximum atomic E-state index is 12.5. The minimum Gasteiger partial charge on any atom is -0.506 e. The molecule has 0 fully saturated rings. The Bertz CT molecular complexity index is 1290. The fourth-order valence-electron chi connectivity index (χ4n) is 2.69. The summed E-state index contributed by atoms with van der Waals surface area (Å²) in [6.45, 7) is 3.36. The highest BCUT2D eigenvalue weighted by Gasteiger charge is 2.15. The maximum absolute atomic E-state index is 12.5. The van der Waals surface area contributed by atoms with Gasteiger partial charge in [-0.1, -0.05) is 18.6 Å². The summed E-state index contributed by atoms with van der Waals surface area (Å²) >= 11 is 0. The second kappa shape index (κ2) is 7.92. The van der Waals surface area contributed by atoms with Crippen molar-refractivity contribution in [2.45, 2.75) is 18.7 Å². The van der Waals surface area contributed by atoms with Crippen LogP contribution in [-0.2, 0) is 14.6 Å². The van der Waals surface area contributed by atoms with Gasteiger partial charge in [-0.3, -0.25) is 9.59 Å². The first kappa shape index (κ1) is 20.3. The molecule has 0 spiro atoms. The number of sulfone groups is 1. The van der Waals surface area contributed by atoms with Gasteiger partial charge in [0, 0.05) is 6.08 Å². The Kier molecular flexibility index (Phi) is 5.56. The van der Waals surface area contributed by atoms with Crippen molar-refractivity contribution in [1.29, 1.82) is 0 Å². The number of nitrogens with one attached hydrogen (secondary N) is 1. The fourth-order valence-corrected chi connectivity index (χ4v) is 3.60. The zero-order valence-electron chi connectivity index (χ0n) is 15.8. The van der Waals surface area contributed by atoms with Crippen LogP contribution in [0.2, 0.25) is 0 Å². The van der Waals surface area contributed by atoms with Gasteiger partial charge in [-0.15, -0.1) is 0 Å². The number of carbonyl (C=O) groups is 1. The predicted octanol–water partition coefficient (Wildman–Crippen LogP) is 3.25. The van der Waals surface area contributed by atoms with Gasteiger partial charge in [-0.25, -0.2) is 8.42 Å². The fraction of sp³-hybridized carbons (Fsp3) is 0.143. The van der Waals surface area contributed by atoms with Crippen LogP contribution in [0.5, 0.6) is 5.75 Å². The SMILES string of the molecule is CCS(=O)(=O)c1ccc(O)c(NC(=O)/C=C/c2coc3ccc(C)cc3c2=O)c1. The number of aryl methyl sites for hydroxylation is 1. The molecule has 0 unspecified atom stereocenters. The molecule has 8 heteroatoms. The Labute approximate surface area is 167 Å². The third-order valence-electron chi connectivity index (χ3n) is 4.33. The van der Waals surface area contributed by atoms with E-state index in [1.54, 1.807) is 12.1 Å². The number of phenolic OH excluding ortho intramolecular Hbond substituents is 1. The molecule has 2 N–H and O–H groups in total. The molecule has 2 aromatic carbocycles. The number of amides is 1. The van der Waals surface area contributed by atoms with Crippen molar-refractivity contribution in [3.63, 3.8) is 0 Å². The van der Waals surface area contributed by atoms with Crippen molar-refractivity contribution < 1.29 is 22.7 Å². The third-order valence-corrected chi connectivity index (χ3v) is 6.07. The van der Waals surface area contributed by atoms with Crippen molar-refractivity contribution in [3.05, 3.63) is 70.1 Å². The highest BCUT2D eigenvalue weighted by molar-refractivity contribution is 7.91. The summed E-state index contributed by atoms with van der Waals surface area (Å²) < 4.78 is 29.4. The number of hydrogen-bond acceptors (Lipinski definition) is 6. The van der Waals surface area contributed by atoms with Gasteiger partial charge in [0.2, 0.25) is 5.91 Å². The van der Waals surface area contributed by atoms with Gasteiger partial charge in [0.15, 0.2) is 15.3 Å². The molecule has 150 valence electrons. The van der Waals surface area contributed by atoms with Crippen molar-refractivity contribution in [3.8, 4) is 5.75 Å². The Hall–Kier alpha value is -3.39. The van der Waals surface area contributed by atoms with Crippen LogP contribution >= 0.6 is 0 Å². The molecule has 0 bridgehead atoms. The molecule has 0 saturated heterocycles. The summed E-state index contributed by atoms with van der Waals surface area (Å²) in [4.78, 5) is 24.7. The third kappa shape index (κ3) is 4.38. The second-order valence-electron chi connectivity index (χ2n) is 6.42. The number of rotatable bonds is 5. The lowest BCUT2D eigenvalue weighted by molar-refractivity contribution is -0.111. The molecule has 0 saturated carbocycles. The van der Waals surface area contributed by atoms with Crippen LogP contribution in [-0.4, -0.2) is 25.2 Å². The molecule has 0 aliphatic rings. The number of benzene rings is 2. The van der Waals surface area contributed by atoms with Crippen LogP contribution in [0.1, 0.15) is 18.1 Å². The molecule has 1 amide bonds. The van der Waals surface area contributed by atoms with Gasteiger partial charge < -0.3 is 14.8 Å². The summed E-state index contributed by atoms with van der Waals surface area (Å²) in [5, 5.41) is 12.7. The van der Waals surface area contributed by atoms with E-state index < -0.39 is 15.7 Å². The molecule has 0 atom stereocenters. The van der Waals surface area contributed by atoms with E-state index in [0.717, 1.165) is 11.6 Å². The highest BCUT2D eigenvalue weighted by atomic mass is 32.2. The van der Waals surface area contributed by atoms with Crippen LogP contribution in [0.25, 0.3) is 17.0 Å². The second-order valence-corrected chi connectivity index (χ2v) is 8.70. The van der Waals surface area contributed by atoms with Gasteiger partial charge in [0.05, 0.1) is 27.3 Å². The average molecular weight is 413 g/mol. The molecule has 0 aliphatic carbocycles. The van der Waals surface area contributed by atoms with E-state index in [2.05, 4.69) is 5.32 Å². The molecule has 1 heterocycles. The summed E-state index contributed by atoms with van der Waals surface area (Å²) in [5.74, 6) is -1.03. The number of phenols is 1. The summed E-state index contributed by atoms with van der Waals surface area (Å²) in [6.07, 6.45) is 3.66. The standard InChI is InChI=1S/C21H19NO6S/c1-3-29(26,27)15-6-7-18(23)17(11-15)22-20(24)9-5-14-12-28-19-8-4-13(2)10-16(19)21(14)25/h4-12,23H,3H2,1-2H3,(H,22,24)/b9-5+. The van der Waals surface area contributed by atoms with E-state index in [1.807, 2.05) is 13.0 Å². The van der Waals surface area contributed by atoms with E-state index >= 15 is 0 Å². The number of aromatic hydroxyl groups is 1. The van der Waals surface area contributed by atoms with Crippen LogP contribution in [0, 0.1) is 6.92 Å². The molecule has 0 radical (unpaired) electrons. The highest BCUT2D eigenvalue weighted by Crippen LogP contribution is 2.27. The molecule has 3 aromatic rings. The Morgan fingerprint density at radius 3 is 2.69 bits per heavy atom. The van der Waals surface area contributed by atoms with Crippen molar-refractivity contribution in [2.75, 3.05) is 11.1 Å². The topological polar surface area (TPSA) is 114 Å². The van der Waals surface area contributed by atoms with Crippen LogP contribution in [0.3, 0.4) is 0 Å². The Balaban J connectivity index is 1.86. The minimum absolute atomic E-state index is 0.0115. The first-order valence-corrected chi connectivity index (χ1v) is 10.4. The monoisotopic (exact) mass is 413 g/mol. The van der Waals surface area contributed by atoms with Crippen LogP contribution < -0.4 is 10.7 Å². The first-order valence-electron chi connectivity index (χ1n) is 8.78. The lowest BCUT2D eigenvalue weighted by Crippen LogP contribution is -2.11. The molecular formula is C21H19NO6S. The van der Waals surface area contributed by atoms with E-state index in [4.69, 9.17) is 4.42 Å². The quantitative estimate of drug-likeness (QED) is 0.490. The zero-order valence-corrected chi connectivity index (χ0v) is 16.6. The van der Waals surface area contributed by atoms with Crippen LogP contribution in [0.15, 0.2) is 62.8 Å². The summed E-state index contributed by atoms with van der Waals surface area (Å²) in [7, 11) is -3.49. The van der Waals surface area contributed by atoms with E-state index in [1.165, 1.54) is 37.5 Å². The number of fused-ring (bicyclic) bond motifs is 1. The first-order chi connectivity index (χ1) is 13.7. The largest absolute Gasteiger partial charge is 0.506 e. The van der Waals surface area contributed by atoms with Gasteiger partial charge >= 0.3 is 0 Å². The van der Waals surface area contributed by atoms with Crippen molar-refractivity contribution in [1.82, 2.24) is 0 Å². The predicted molar refractivity (Wildman–Crippen MR) is 111 cm³/mol.